The van der Waals surface area contributed by atoms with E-state index in [-0.39, 0.29) is 22.2 Å². The molecule has 1 atom stereocenters. The van der Waals surface area contributed by atoms with Crippen LogP contribution in [0, 0.1) is 0 Å². The van der Waals surface area contributed by atoms with Crippen LogP contribution in [0.5, 0.6) is 0 Å². The number of para-hydroxylation sites is 1. The van der Waals surface area contributed by atoms with Crippen molar-refractivity contribution >= 4 is 34.4 Å². The van der Waals surface area contributed by atoms with Crippen LogP contribution in [0.2, 0.25) is 0 Å². The van der Waals surface area contributed by atoms with Crippen molar-refractivity contribution in [1.29, 1.82) is 0 Å². The summed E-state index contributed by atoms with van der Waals surface area (Å²) < 4.78 is 0. The Morgan fingerprint density at radius 1 is 1.29 bits per heavy atom. The van der Waals surface area contributed by atoms with E-state index in [4.69, 9.17) is 0 Å². The van der Waals surface area contributed by atoms with E-state index in [1.165, 1.54) is 23.6 Å². The lowest BCUT2D eigenvalue weighted by Gasteiger charge is -2.21. The summed E-state index contributed by atoms with van der Waals surface area (Å²) in [5.41, 5.74) is 1.12. The average Bonchev–Trinajstić information content (AvgIpc) is 2.77. The number of carbonyl (C=O) groups is 3. The van der Waals surface area contributed by atoms with Gasteiger partial charge in [0.05, 0.1) is 11.3 Å². The molecule has 1 aliphatic rings. The summed E-state index contributed by atoms with van der Waals surface area (Å²) in [6.45, 7) is 1.96. The number of thioether (sulfide) groups is 1. The smallest absolute Gasteiger partial charge is 0.255 e. The largest absolute Gasteiger partial charge is 0.345 e. The van der Waals surface area contributed by atoms with Gasteiger partial charge in [0.2, 0.25) is 5.91 Å². The summed E-state index contributed by atoms with van der Waals surface area (Å²) in [6, 6.07) is 7.08. The number of rotatable bonds is 3. The number of carbonyl (C=O) groups excluding carboxylic acids is 3. The minimum Gasteiger partial charge on any atom is -0.345 e. The van der Waals surface area contributed by atoms with Gasteiger partial charge >= 0.3 is 0 Å². The molecule has 0 N–H and O–H groups in total. The van der Waals surface area contributed by atoms with E-state index in [0.29, 0.717) is 24.2 Å². The minimum absolute atomic E-state index is 0.00676. The van der Waals surface area contributed by atoms with Gasteiger partial charge in [0.25, 0.3) is 5.91 Å². The fraction of sp³-hybridized carbons (Fsp3) is 0.400. The molecule has 21 heavy (non-hydrogen) atoms. The lowest BCUT2D eigenvalue weighted by atomic mass is 10.1. The van der Waals surface area contributed by atoms with Gasteiger partial charge < -0.3 is 9.80 Å². The van der Waals surface area contributed by atoms with E-state index in [2.05, 4.69) is 0 Å². The first kappa shape index (κ1) is 15.6. The van der Waals surface area contributed by atoms with Gasteiger partial charge in [-0.3, -0.25) is 14.4 Å². The number of amides is 2. The summed E-state index contributed by atoms with van der Waals surface area (Å²) >= 11 is 1.19. The van der Waals surface area contributed by atoms with E-state index in [9.17, 15) is 14.4 Å². The van der Waals surface area contributed by atoms with Crippen molar-refractivity contribution in [3.05, 3.63) is 29.8 Å². The molecular weight excluding hydrogens is 288 g/mol. The molecule has 1 aromatic rings. The molecule has 1 aromatic carbocycles. The van der Waals surface area contributed by atoms with Crippen molar-refractivity contribution in [3.63, 3.8) is 0 Å². The van der Waals surface area contributed by atoms with E-state index in [0.717, 1.165) is 0 Å². The van der Waals surface area contributed by atoms with Crippen molar-refractivity contribution in [2.24, 2.45) is 0 Å². The Balaban J connectivity index is 2.28. The number of hydrogen-bond donors (Lipinski definition) is 0. The van der Waals surface area contributed by atoms with Crippen molar-refractivity contribution in [1.82, 2.24) is 4.90 Å². The highest BCUT2D eigenvalue weighted by Crippen LogP contribution is 2.31. The summed E-state index contributed by atoms with van der Waals surface area (Å²) in [6.07, 6.45) is 0.328. The first-order chi connectivity index (χ1) is 9.90. The second-order valence-corrected chi connectivity index (χ2v) is 6.63. The maximum atomic E-state index is 12.2. The van der Waals surface area contributed by atoms with Crippen molar-refractivity contribution in [2.45, 2.75) is 18.6 Å². The molecule has 1 aliphatic heterocycles. The van der Waals surface area contributed by atoms with Gasteiger partial charge in [0.1, 0.15) is 0 Å². The average molecular weight is 306 g/mol. The van der Waals surface area contributed by atoms with E-state index < -0.39 is 0 Å². The predicted octanol–water partition coefficient (Wildman–Crippen LogP) is 1.77. The lowest BCUT2D eigenvalue weighted by Crippen LogP contribution is -2.29. The summed E-state index contributed by atoms with van der Waals surface area (Å²) in [4.78, 5) is 38.7. The molecule has 0 bridgehead atoms. The van der Waals surface area contributed by atoms with Gasteiger partial charge in [-0.15, -0.1) is 0 Å². The van der Waals surface area contributed by atoms with Crippen LogP contribution >= 0.6 is 11.8 Å². The zero-order chi connectivity index (χ0) is 15.6. The maximum absolute atomic E-state index is 12.2. The quantitative estimate of drug-likeness (QED) is 0.854. The molecule has 0 aromatic heterocycles. The van der Waals surface area contributed by atoms with E-state index >= 15 is 0 Å². The molecule has 1 saturated heterocycles. The van der Waals surface area contributed by atoms with Crippen LogP contribution in [-0.4, -0.2) is 47.7 Å². The molecule has 1 unspecified atom stereocenters. The Hall–Kier alpha value is -1.82. The van der Waals surface area contributed by atoms with Gasteiger partial charge in [-0.2, -0.15) is 0 Å². The molecule has 0 aliphatic carbocycles. The topological polar surface area (TPSA) is 57.7 Å². The summed E-state index contributed by atoms with van der Waals surface area (Å²) in [5.74, 6) is -0.186. The van der Waals surface area contributed by atoms with Crippen LogP contribution in [-0.2, 0) is 9.59 Å². The lowest BCUT2D eigenvalue weighted by molar-refractivity contribution is -0.117. The molecular formula is C15H18N2O3S. The molecule has 0 spiro atoms. The number of anilines is 1. The molecule has 2 amide bonds. The van der Waals surface area contributed by atoms with Crippen LogP contribution in [0.1, 0.15) is 23.7 Å². The summed E-state index contributed by atoms with van der Waals surface area (Å²) in [7, 11) is 3.36. The third-order valence-corrected chi connectivity index (χ3v) is 4.23. The van der Waals surface area contributed by atoms with Gasteiger partial charge in [0.15, 0.2) is 5.12 Å². The van der Waals surface area contributed by atoms with Crippen LogP contribution < -0.4 is 4.90 Å². The van der Waals surface area contributed by atoms with Crippen molar-refractivity contribution < 1.29 is 14.4 Å². The zero-order valence-corrected chi connectivity index (χ0v) is 13.1. The standard InChI is InChI=1S/C15H18N2O3S/c1-10(18)21-11-8-14(19)17(9-11)13-7-5-4-6-12(13)15(20)16(2)3/h4-7,11H,8-9H2,1-3H3. The normalized spacial score (nSPS) is 18.0. The zero-order valence-electron chi connectivity index (χ0n) is 12.3. The molecule has 1 fully saturated rings. The molecule has 2 rings (SSSR count). The molecule has 0 radical (unpaired) electrons. The molecule has 1 heterocycles. The maximum Gasteiger partial charge on any atom is 0.255 e. The Morgan fingerprint density at radius 3 is 2.57 bits per heavy atom. The molecule has 112 valence electrons. The Kier molecular flexibility index (Phi) is 4.67. The SMILES string of the molecule is CC(=O)SC1CC(=O)N(c2ccccc2C(=O)N(C)C)C1. The van der Waals surface area contributed by atoms with Crippen LogP contribution in [0.3, 0.4) is 0 Å². The van der Waals surface area contributed by atoms with E-state index in [1.54, 1.807) is 43.3 Å². The van der Waals surface area contributed by atoms with Crippen LogP contribution in [0.15, 0.2) is 24.3 Å². The molecule has 0 saturated carbocycles. The van der Waals surface area contributed by atoms with Gasteiger partial charge in [-0.25, -0.2) is 0 Å². The van der Waals surface area contributed by atoms with Crippen LogP contribution in [0.4, 0.5) is 5.69 Å². The second-order valence-electron chi connectivity index (χ2n) is 5.16. The second kappa shape index (κ2) is 6.30. The third-order valence-electron chi connectivity index (χ3n) is 3.25. The number of hydrogen-bond acceptors (Lipinski definition) is 4. The third kappa shape index (κ3) is 3.44. The Bertz CT molecular complexity index is 586. The molecule has 6 heteroatoms. The highest BCUT2D eigenvalue weighted by atomic mass is 32.2. The van der Waals surface area contributed by atoms with E-state index in [1.807, 2.05) is 0 Å². The first-order valence-electron chi connectivity index (χ1n) is 6.68. The van der Waals surface area contributed by atoms with Crippen LogP contribution in [0.25, 0.3) is 0 Å². The van der Waals surface area contributed by atoms with Crippen molar-refractivity contribution in [2.75, 3.05) is 25.5 Å². The van der Waals surface area contributed by atoms with Gasteiger partial charge in [-0.05, 0) is 12.1 Å². The van der Waals surface area contributed by atoms with Gasteiger partial charge in [-0.1, -0.05) is 23.9 Å². The van der Waals surface area contributed by atoms with Gasteiger partial charge in [0, 0.05) is 39.2 Å². The highest BCUT2D eigenvalue weighted by molar-refractivity contribution is 8.14. The number of benzene rings is 1. The number of nitrogens with zero attached hydrogens (tertiary/aromatic N) is 2. The Labute approximate surface area is 128 Å². The molecule has 5 nitrogen and oxygen atoms in total. The summed E-state index contributed by atoms with van der Waals surface area (Å²) in [5, 5.41) is -0.0372. The first-order valence-corrected chi connectivity index (χ1v) is 7.56. The predicted molar refractivity (Wildman–Crippen MR) is 83.5 cm³/mol. The van der Waals surface area contributed by atoms with Crippen molar-refractivity contribution in [3.8, 4) is 0 Å². The fourth-order valence-corrected chi connectivity index (χ4v) is 3.27. The fourth-order valence-electron chi connectivity index (χ4n) is 2.35. The Morgan fingerprint density at radius 2 is 1.95 bits per heavy atom. The monoisotopic (exact) mass is 306 g/mol. The minimum atomic E-state index is -0.138. The highest BCUT2D eigenvalue weighted by Gasteiger charge is 2.33.